The molecule has 2 aromatic rings. The van der Waals surface area contributed by atoms with Crippen LogP contribution in [0.15, 0.2) is 48.7 Å². The summed E-state index contributed by atoms with van der Waals surface area (Å²) in [5.74, 6) is 0.598. The summed E-state index contributed by atoms with van der Waals surface area (Å²) in [7, 11) is 0. The van der Waals surface area contributed by atoms with Crippen molar-refractivity contribution in [2.24, 2.45) is 0 Å². The van der Waals surface area contributed by atoms with E-state index >= 15 is 0 Å². The number of anilines is 1. The summed E-state index contributed by atoms with van der Waals surface area (Å²) in [6, 6.07) is 11.9. The molecule has 0 unspecified atom stereocenters. The molecule has 1 aliphatic carbocycles. The minimum atomic E-state index is -0.0683. The van der Waals surface area contributed by atoms with E-state index in [9.17, 15) is 4.79 Å². The number of hydrogen-bond donors (Lipinski definition) is 2. The van der Waals surface area contributed by atoms with E-state index in [0.29, 0.717) is 5.82 Å². The molecule has 0 saturated heterocycles. The zero-order valence-corrected chi connectivity index (χ0v) is 11.5. The van der Waals surface area contributed by atoms with E-state index in [1.54, 1.807) is 6.20 Å². The molecule has 4 heteroatoms. The number of nitrogens with one attached hydrogen (secondary N) is 1. The van der Waals surface area contributed by atoms with Gasteiger partial charge in [0.2, 0.25) is 0 Å². The van der Waals surface area contributed by atoms with E-state index in [1.807, 2.05) is 47.0 Å². The van der Waals surface area contributed by atoms with Crippen LogP contribution < -0.4 is 11.1 Å². The first kappa shape index (κ1) is 12.0. The Morgan fingerprint density at radius 3 is 2.81 bits per heavy atom. The van der Waals surface area contributed by atoms with Gasteiger partial charge in [-0.2, -0.15) is 0 Å². The number of nitrogen functional groups attached to an aromatic ring is 1. The van der Waals surface area contributed by atoms with Crippen LogP contribution in [0.4, 0.5) is 5.82 Å². The van der Waals surface area contributed by atoms with E-state index in [0.717, 1.165) is 40.9 Å². The minimum Gasteiger partial charge on any atom is -0.385 e. The lowest BCUT2D eigenvalue weighted by molar-refractivity contribution is -0.114. The zero-order valence-electron chi connectivity index (χ0n) is 11.5. The smallest absolute Gasteiger partial charge is 0.257 e. The predicted molar refractivity (Wildman–Crippen MR) is 83.1 cm³/mol. The molecule has 2 heterocycles. The van der Waals surface area contributed by atoms with Crippen molar-refractivity contribution in [1.29, 1.82) is 0 Å². The van der Waals surface area contributed by atoms with Gasteiger partial charge in [-0.15, -0.1) is 0 Å². The highest BCUT2D eigenvalue weighted by Crippen LogP contribution is 2.36. The fraction of sp³-hybridized carbons (Fsp3) is 0.118. The maximum Gasteiger partial charge on any atom is 0.257 e. The van der Waals surface area contributed by atoms with E-state index in [-0.39, 0.29) is 5.91 Å². The van der Waals surface area contributed by atoms with Crippen molar-refractivity contribution in [2.45, 2.75) is 12.8 Å². The third kappa shape index (κ3) is 1.72. The van der Waals surface area contributed by atoms with Crippen molar-refractivity contribution in [3.63, 3.8) is 0 Å². The van der Waals surface area contributed by atoms with Crippen LogP contribution in [0, 0.1) is 0 Å². The van der Waals surface area contributed by atoms with Gasteiger partial charge in [-0.05, 0) is 24.5 Å². The maximum absolute atomic E-state index is 12.3. The summed E-state index contributed by atoms with van der Waals surface area (Å²) >= 11 is 0. The Morgan fingerprint density at radius 2 is 2.00 bits per heavy atom. The Kier molecular flexibility index (Phi) is 2.51. The van der Waals surface area contributed by atoms with Gasteiger partial charge in [0.1, 0.15) is 5.82 Å². The Morgan fingerprint density at radius 1 is 1.19 bits per heavy atom. The van der Waals surface area contributed by atoms with Crippen LogP contribution in [0.5, 0.6) is 0 Å². The van der Waals surface area contributed by atoms with Crippen LogP contribution in [0.1, 0.15) is 23.2 Å². The average Bonchev–Trinajstić information content (AvgIpc) is 2.75. The fourth-order valence-corrected chi connectivity index (χ4v) is 3.09. The van der Waals surface area contributed by atoms with Crippen molar-refractivity contribution in [3.05, 3.63) is 65.5 Å². The number of hydrogen-bond acceptors (Lipinski definition) is 2. The number of benzene rings is 1. The Bertz CT molecular complexity index is 797. The molecule has 0 fully saturated rings. The summed E-state index contributed by atoms with van der Waals surface area (Å²) in [6.07, 6.45) is 5.54. The maximum atomic E-state index is 12.3. The van der Waals surface area contributed by atoms with Gasteiger partial charge in [0, 0.05) is 11.8 Å². The SMILES string of the molecule is Nc1cc2c3n1C(c1ccccc1)=CNC(=O)C3=CCC2. The summed E-state index contributed by atoms with van der Waals surface area (Å²) in [5.41, 5.74) is 10.9. The van der Waals surface area contributed by atoms with E-state index in [1.165, 1.54) is 0 Å². The highest BCUT2D eigenvalue weighted by Gasteiger charge is 2.28. The predicted octanol–water partition coefficient (Wildman–Crippen LogP) is 2.38. The first-order chi connectivity index (χ1) is 10.3. The Hall–Kier alpha value is -2.75. The third-order valence-corrected chi connectivity index (χ3v) is 4.02. The van der Waals surface area contributed by atoms with E-state index in [2.05, 4.69) is 5.32 Å². The van der Waals surface area contributed by atoms with Gasteiger partial charge in [-0.1, -0.05) is 36.4 Å². The molecule has 3 N–H and O–H groups in total. The van der Waals surface area contributed by atoms with Crippen LogP contribution in [0.2, 0.25) is 0 Å². The van der Waals surface area contributed by atoms with Crippen molar-refractivity contribution < 1.29 is 4.79 Å². The number of nitrogens with zero attached hydrogens (tertiary/aromatic N) is 1. The number of allylic oxidation sites excluding steroid dienone is 1. The molecule has 21 heavy (non-hydrogen) atoms. The summed E-state index contributed by atoms with van der Waals surface area (Å²) < 4.78 is 1.98. The van der Waals surface area contributed by atoms with E-state index in [4.69, 9.17) is 5.73 Å². The fourth-order valence-electron chi connectivity index (χ4n) is 3.09. The lowest BCUT2D eigenvalue weighted by Crippen LogP contribution is -2.19. The molecule has 0 bridgehead atoms. The van der Waals surface area contributed by atoms with Crippen LogP contribution in [0.25, 0.3) is 11.3 Å². The van der Waals surface area contributed by atoms with Crippen molar-refractivity contribution in [2.75, 3.05) is 5.73 Å². The molecule has 0 spiro atoms. The lowest BCUT2D eigenvalue weighted by Gasteiger charge is -2.16. The summed E-state index contributed by atoms with van der Waals surface area (Å²) in [4.78, 5) is 12.3. The highest BCUT2D eigenvalue weighted by molar-refractivity contribution is 6.21. The van der Waals surface area contributed by atoms with Gasteiger partial charge in [-0.25, -0.2) is 0 Å². The zero-order chi connectivity index (χ0) is 14.4. The van der Waals surface area contributed by atoms with Gasteiger partial charge in [0.25, 0.3) is 5.91 Å². The molecule has 1 aromatic carbocycles. The minimum absolute atomic E-state index is 0.0683. The van der Waals surface area contributed by atoms with Gasteiger partial charge in [0.05, 0.1) is 17.0 Å². The summed E-state index contributed by atoms with van der Waals surface area (Å²) in [5, 5.41) is 2.87. The molecular formula is C17H15N3O. The number of rotatable bonds is 1. The third-order valence-electron chi connectivity index (χ3n) is 4.02. The molecule has 4 nitrogen and oxygen atoms in total. The molecule has 2 aliphatic rings. The molecule has 0 saturated carbocycles. The molecule has 1 aromatic heterocycles. The second kappa shape index (κ2) is 4.38. The molecule has 0 radical (unpaired) electrons. The molecule has 0 atom stereocenters. The number of aryl methyl sites for hydroxylation is 1. The molecular weight excluding hydrogens is 262 g/mol. The normalized spacial score (nSPS) is 16.5. The molecule has 104 valence electrons. The lowest BCUT2D eigenvalue weighted by atomic mass is 9.96. The van der Waals surface area contributed by atoms with Gasteiger partial charge >= 0.3 is 0 Å². The number of nitrogens with two attached hydrogens (primary N) is 1. The van der Waals surface area contributed by atoms with E-state index < -0.39 is 0 Å². The average molecular weight is 277 g/mol. The summed E-state index contributed by atoms with van der Waals surface area (Å²) in [6.45, 7) is 0. The first-order valence-corrected chi connectivity index (χ1v) is 7.03. The standard InChI is InChI=1S/C17H15N3O/c18-15-9-12-7-4-8-13-16(12)20(15)14(10-19-17(13)21)11-5-2-1-3-6-11/h1-3,5-6,8-10H,4,7,18H2,(H,19,21). The number of amides is 1. The first-order valence-electron chi connectivity index (χ1n) is 7.03. The molecule has 1 aliphatic heterocycles. The Labute approximate surface area is 122 Å². The number of carbonyl (C=O) groups is 1. The molecule has 4 rings (SSSR count). The quantitative estimate of drug-likeness (QED) is 0.840. The molecule has 1 amide bonds. The Balaban J connectivity index is 2.01. The van der Waals surface area contributed by atoms with Crippen LogP contribution in [0.3, 0.4) is 0 Å². The highest BCUT2D eigenvalue weighted by atomic mass is 16.1. The van der Waals surface area contributed by atoms with Crippen LogP contribution in [-0.2, 0) is 11.2 Å². The largest absolute Gasteiger partial charge is 0.385 e. The number of aromatic nitrogens is 1. The monoisotopic (exact) mass is 277 g/mol. The van der Waals surface area contributed by atoms with Crippen LogP contribution >= 0.6 is 0 Å². The number of carbonyl (C=O) groups excluding carboxylic acids is 1. The van der Waals surface area contributed by atoms with Crippen molar-refractivity contribution in [1.82, 2.24) is 9.88 Å². The van der Waals surface area contributed by atoms with Gasteiger partial charge < -0.3 is 11.1 Å². The topological polar surface area (TPSA) is 60.0 Å². The van der Waals surface area contributed by atoms with Gasteiger partial charge in [0.15, 0.2) is 0 Å². The van der Waals surface area contributed by atoms with Crippen molar-refractivity contribution in [3.8, 4) is 0 Å². The second-order valence-corrected chi connectivity index (χ2v) is 5.30. The second-order valence-electron chi connectivity index (χ2n) is 5.30. The van der Waals surface area contributed by atoms with Crippen LogP contribution in [-0.4, -0.2) is 10.5 Å². The van der Waals surface area contributed by atoms with Gasteiger partial charge in [-0.3, -0.25) is 9.36 Å². The van der Waals surface area contributed by atoms with Crippen molar-refractivity contribution >= 4 is 23.0 Å².